The number of hydrogen-bond acceptors (Lipinski definition) is 6. The number of pyridine rings is 1. The molecule has 7 nitrogen and oxygen atoms in total. The predicted octanol–water partition coefficient (Wildman–Crippen LogP) is 3.87. The summed E-state index contributed by atoms with van der Waals surface area (Å²) in [6.07, 6.45) is 5.68. The van der Waals surface area contributed by atoms with Gasteiger partial charge < -0.3 is 0 Å². The van der Waals surface area contributed by atoms with Crippen LogP contribution in [-0.4, -0.2) is 45.0 Å². The van der Waals surface area contributed by atoms with Crippen LogP contribution in [0.15, 0.2) is 53.8 Å². The summed E-state index contributed by atoms with van der Waals surface area (Å²) >= 11 is 0. The van der Waals surface area contributed by atoms with Crippen LogP contribution in [0, 0.1) is 24.5 Å². The summed E-state index contributed by atoms with van der Waals surface area (Å²) in [5.74, 6) is -0.735. The number of carbonyl (C=O) groups excluding carboxylic acids is 1. The number of ketones is 1. The molecule has 0 radical (unpaired) electrons. The summed E-state index contributed by atoms with van der Waals surface area (Å²) in [6.45, 7) is 3.58. The lowest BCUT2D eigenvalue weighted by Gasteiger charge is -2.37. The second-order valence-electron chi connectivity index (χ2n) is 9.51. The van der Waals surface area contributed by atoms with Crippen LogP contribution >= 0.6 is 0 Å². The van der Waals surface area contributed by atoms with Crippen molar-refractivity contribution in [3.63, 3.8) is 0 Å². The summed E-state index contributed by atoms with van der Waals surface area (Å²) in [5.41, 5.74) is 0.674. The van der Waals surface area contributed by atoms with E-state index in [0.717, 1.165) is 18.3 Å². The van der Waals surface area contributed by atoms with E-state index in [2.05, 4.69) is 15.0 Å². The lowest BCUT2D eigenvalue weighted by molar-refractivity contribution is -0.122. The van der Waals surface area contributed by atoms with Gasteiger partial charge in [0, 0.05) is 41.2 Å². The van der Waals surface area contributed by atoms with Crippen molar-refractivity contribution in [2.24, 2.45) is 5.92 Å². The van der Waals surface area contributed by atoms with Crippen LogP contribution in [-0.2, 0) is 21.2 Å². The van der Waals surface area contributed by atoms with Crippen molar-refractivity contribution < 1.29 is 22.0 Å². The zero-order valence-corrected chi connectivity index (χ0v) is 20.1. The molecule has 0 amide bonds. The van der Waals surface area contributed by atoms with Crippen LogP contribution in [0.3, 0.4) is 0 Å². The monoisotopic (exact) mass is 498 g/mol. The van der Waals surface area contributed by atoms with E-state index in [1.165, 1.54) is 28.8 Å². The fourth-order valence-corrected chi connectivity index (χ4v) is 7.35. The highest BCUT2D eigenvalue weighted by atomic mass is 32.2. The molecule has 3 aromatic rings. The molecule has 2 aromatic heterocycles. The molecule has 1 aromatic carbocycles. The molecule has 2 aliphatic heterocycles. The topological polar surface area (TPSA) is 93.1 Å². The summed E-state index contributed by atoms with van der Waals surface area (Å²) in [5, 5.41) is 0. The van der Waals surface area contributed by atoms with E-state index in [1.54, 1.807) is 13.0 Å². The van der Waals surface area contributed by atoms with E-state index in [1.807, 2.05) is 6.92 Å². The number of rotatable bonds is 7. The molecule has 0 unspecified atom stereocenters. The van der Waals surface area contributed by atoms with Crippen molar-refractivity contribution in [1.29, 1.82) is 0 Å². The second kappa shape index (κ2) is 8.53. The van der Waals surface area contributed by atoms with Gasteiger partial charge in [0.2, 0.25) is 10.0 Å². The first kappa shape index (κ1) is 23.6. The Balaban J connectivity index is 1.36. The molecular formula is C25H24F2N4O3S. The van der Waals surface area contributed by atoms with Gasteiger partial charge in [-0.25, -0.2) is 27.2 Å². The molecule has 1 atom stereocenters. The minimum Gasteiger partial charge on any atom is -0.298 e. The summed E-state index contributed by atoms with van der Waals surface area (Å²) in [6, 6.07) is 5.45. The Labute approximate surface area is 202 Å². The molecule has 182 valence electrons. The Morgan fingerprint density at radius 3 is 2.40 bits per heavy atom. The van der Waals surface area contributed by atoms with Crippen molar-refractivity contribution >= 4 is 15.8 Å². The lowest BCUT2D eigenvalue weighted by Crippen LogP contribution is -2.48. The summed E-state index contributed by atoms with van der Waals surface area (Å²) in [4.78, 5) is 25.6. The maximum atomic E-state index is 14.4. The fourth-order valence-electron chi connectivity index (χ4n) is 5.32. The van der Waals surface area contributed by atoms with Gasteiger partial charge in [-0.1, -0.05) is 0 Å². The maximum Gasteiger partial charge on any atom is 0.244 e. The number of sulfonamides is 1. The fraction of sp³-hybridized carbons (Fsp3) is 0.360. The molecule has 10 heteroatoms. The van der Waals surface area contributed by atoms with Gasteiger partial charge in [-0.15, -0.1) is 0 Å². The average Bonchev–Trinajstić information content (AvgIpc) is 3.28. The molecule has 6 rings (SSSR count). The standard InChI is InChI=1S/C25H24F2N4O3S/c1-15-28-12-17(13-29-15)21-9-19(30-14-22(21)27)5-8-23(32)24-16-10-25(2,11-16)31(24)35(33,34)20-6-3-18(26)4-7-20/h3-4,6-7,9,12-14,16,24H,5,8,10-11H2,1-2H3/t16?,24-,25?/m0/s1. The third-order valence-corrected chi connectivity index (χ3v) is 9.02. The lowest BCUT2D eigenvalue weighted by atomic mass is 9.72. The summed E-state index contributed by atoms with van der Waals surface area (Å²) in [7, 11) is -3.98. The zero-order valence-electron chi connectivity index (χ0n) is 19.3. The smallest absolute Gasteiger partial charge is 0.244 e. The van der Waals surface area contributed by atoms with Crippen molar-refractivity contribution in [2.45, 2.75) is 56.0 Å². The first-order valence-corrected chi connectivity index (χ1v) is 12.8. The number of halogens is 2. The van der Waals surface area contributed by atoms with Crippen molar-refractivity contribution in [3.05, 3.63) is 72.1 Å². The van der Waals surface area contributed by atoms with E-state index >= 15 is 0 Å². The highest BCUT2D eigenvalue weighted by Gasteiger charge is 2.64. The van der Waals surface area contributed by atoms with Crippen molar-refractivity contribution in [2.75, 3.05) is 0 Å². The number of benzene rings is 1. The maximum absolute atomic E-state index is 14.4. The van der Waals surface area contributed by atoms with Crippen LogP contribution in [0.25, 0.3) is 11.1 Å². The highest BCUT2D eigenvalue weighted by molar-refractivity contribution is 7.89. The van der Waals surface area contributed by atoms with E-state index < -0.39 is 33.2 Å². The third-order valence-electron chi connectivity index (χ3n) is 6.97. The molecule has 3 fully saturated rings. The van der Waals surface area contributed by atoms with Crippen molar-refractivity contribution in [1.82, 2.24) is 19.3 Å². The van der Waals surface area contributed by atoms with Gasteiger partial charge in [-0.3, -0.25) is 9.78 Å². The molecule has 1 saturated carbocycles. The highest BCUT2D eigenvalue weighted by Crippen LogP contribution is 2.56. The first-order valence-electron chi connectivity index (χ1n) is 11.3. The van der Waals surface area contributed by atoms with E-state index in [0.29, 0.717) is 35.5 Å². The van der Waals surface area contributed by atoms with Gasteiger partial charge in [0.25, 0.3) is 0 Å². The summed E-state index contributed by atoms with van der Waals surface area (Å²) < 4.78 is 55.9. The molecule has 1 aliphatic carbocycles. The van der Waals surface area contributed by atoms with E-state index in [4.69, 9.17) is 0 Å². The Hall–Kier alpha value is -3.11. The van der Waals surface area contributed by atoms with Gasteiger partial charge in [0.1, 0.15) is 17.5 Å². The Kier molecular flexibility index (Phi) is 5.76. The molecule has 2 bridgehead atoms. The van der Waals surface area contributed by atoms with Gasteiger partial charge in [0.05, 0.1) is 17.1 Å². The first-order chi connectivity index (χ1) is 16.6. The number of carbonyl (C=O) groups is 1. The number of aromatic nitrogens is 3. The normalized spacial score (nSPS) is 23.8. The minimum atomic E-state index is -3.98. The number of Topliss-reactive ketones (excluding diaryl/α,β-unsaturated/α-hetero) is 1. The van der Waals surface area contributed by atoms with Crippen molar-refractivity contribution in [3.8, 4) is 11.1 Å². The second-order valence-corrected chi connectivity index (χ2v) is 11.3. The largest absolute Gasteiger partial charge is 0.298 e. The molecule has 35 heavy (non-hydrogen) atoms. The average molecular weight is 499 g/mol. The van der Waals surface area contributed by atoms with Gasteiger partial charge in [-0.05, 0) is 69.4 Å². The van der Waals surface area contributed by atoms with Crippen LogP contribution in [0.5, 0.6) is 0 Å². The molecule has 3 aliphatic rings. The molecule has 2 saturated heterocycles. The van der Waals surface area contributed by atoms with Gasteiger partial charge in [0.15, 0.2) is 5.78 Å². The Morgan fingerprint density at radius 1 is 1.09 bits per heavy atom. The number of nitrogens with zero attached hydrogens (tertiary/aromatic N) is 4. The molecule has 4 heterocycles. The van der Waals surface area contributed by atoms with Crippen LogP contribution in [0.1, 0.15) is 37.7 Å². The van der Waals surface area contributed by atoms with E-state index in [-0.39, 0.29) is 29.4 Å². The van der Waals surface area contributed by atoms with Gasteiger partial charge in [-0.2, -0.15) is 4.31 Å². The van der Waals surface area contributed by atoms with E-state index in [9.17, 15) is 22.0 Å². The predicted molar refractivity (Wildman–Crippen MR) is 124 cm³/mol. The number of fused-ring (bicyclic) bond motifs is 1. The van der Waals surface area contributed by atoms with Crippen LogP contribution < -0.4 is 0 Å². The third kappa shape index (κ3) is 4.14. The van der Waals surface area contributed by atoms with Gasteiger partial charge >= 0.3 is 0 Å². The van der Waals surface area contributed by atoms with Crippen LogP contribution in [0.2, 0.25) is 0 Å². The SMILES string of the molecule is Cc1ncc(-c2cc(CCC(=O)[C@@H]3C4CC(C)(C4)N3S(=O)(=O)c3ccc(F)cc3)ncc2F)cn1. The zero-order chi connectivity index (χ0) is 25.0. The number of aryl methyl sites for hydroxylation is 2. The quantitative estimate of drug-likeness (QED) is 0.491. The molecular weight excluding hydrogens is 474 g/mol. The Bertz CT molecular complexity index is 1390. The molecule has 0 spiro atoms. The Morgan fingerprint density at radius 2 is 1.74 bits per heavy atom. The van der Waals surface area contributed by atoms with Crippen LogP contribution in [0.4, 0.5) is 8.78 Å². The minimum absolute atomic E-state index is 0.0318. The number of hydrogen-bond donors (Lipinski definition) is 0. The molecule has 0 N–H and O–H groups in total.